The number of carbonyl (C=O) groups excluding carboxylic acids is 2. The summed E-state index contributed by atoms with van der Waals surface area (Å²) in [7, 11) is 0. The molecule has 8 nitrogen and oxygen atoms in total. The molecule has 11 heteroatoms. The highest BCUT2D eigenvalue weighted by molar-refractivity contribution is 6.04. The van der Waals surface area contributed by atoms with Crippen molar-refractivity contribution < 1.29 is 27.2 Å². The van der Waals surface area contributed by atoms with Gasteiger partial charge in [0.2, 0.25) is 17.6 Å². The van der Waals surface area contributed by atoms with Crippen LogP contribution < -0.4 is 15.5 Å². The van der Waals surface area contributed by atoms with Crippen LogP contribution in [-0.4, -0.2) is 60.5 Å². The smallest absolute Gasteiger partial charge is 0.431 e. The van der Waals surface area contributed by atoms with E-state index >= 15 is 0 Å². The summed E-state index contributed by atoms with van der Waals surface area (Å²) in [6.07, 6.45) is -2.99. The van der Waals surface area contributed by atoms with E-state index in [0.29, 0.717) is 37.4 Å². The quantitative estimate of drug-likeness (QED) is 0.536. The highest BCUT2D eigenvalue weighted by atomic mass is 19.4. The van der Waals surface area contributed by atoms with Crippen LogP contribution in [0.1, 0.15) is 29.1 Å². The fraction of sp³-hybridized carbons (Fsp3) is 0.346. The number of aromatic nitrogens is 1. The van der Waals surface area contributed by atoms with Crippen molar-refractivity contribution in [3.63, 3.8) is 0 Å². The SMILES string of the molecule is O=C(Nc1ccc(N2CCN(C(=O)[C@H]3CCCN3)CC2)cc1)c1nc(-c2ccccc2)oc1C(F)(F)F. The molecular weight excluding hydrogens is 487 g/mol. The van der Waals surface area contributed by atoms with Gasteiger partial charge in [-0.15, -0.1) is 0 Å². The second-order valence-electron chi connectivity index (χ2n) is 9.02. The van der Waals surface area contributed by atoms with Crippen LogP contribution in [0.15, 0.2) is 59.0 Å². The summed E-state index contributed by atoms with van der Waals surface area (Å²) in [6, 6.07) is 14.8. The number of rotatable bonds is 5. The third kappa shape index (κ3) is 5.46. The predicted octanol–water partition coefficient (Wildman–Crippen LogP) is 4.01. The Bertz CT molecular complexity index is 1250. The lowest BCUT2D eigenvalue weighted by atomic mass is 10.1. The number of anilines is 2. The van der Waals surface area contributed by atoms with E-state index in [-0.39, 0.29) is 17.8 Å². The van der Waals surface area contributed by atoms with Crippen molar-refractivity contribution >= 4 is 23.2 Å². The van der Waals surface area contributed by atoms with E-state index in [9.17, 15) is 22.8 Å². The van der Waals surface area contributed by atoms with Crippen molar-refractivity contribution in [1.29, 1.82) is 0 Å². The lowest BCUT2D eigenvalue weighted by molar-refractivity contribution is -0.153. The first-order valence-electron chi connectivity index (χ1n) is 12.1. The summed E-state index contributed by atoms with van der Waals surface area (Å²) in [5, 5.41) is 5.72. The molecule has 2 N–H and O–H groups in total. The molecule has 37 heavy (non-hydrogen) atoms. The van der Waals surface area contributed by atoms with Crippen LogP contribution in [0.2, 0.25) is 0 Å². The molecule has 194 valence electrons. The third-order valence-electron chi connectivity index (χ3n) is 6.56. The van der Waals surface area contributed by atoms with Gasteiger partial charge in [-0.05, 0) is 55.8 Å². The molecule has 3 heterocycles. The summed E-state index contributed by atoms with van der Waals surface area (Å²) in [5.74, 6) is -2.59. The zero-order chi connectivity index (χ0) is 26.0. The second kappa shape index (κ2) is 10.3. The number of alkyl halides is 3. The standard InChI is InChI=1S/C26H26F3N5O3/c27-26(28,29)22-21(32-24(37-22)17-5-2-1-3-6-17)23(35)31-18-8-10-19(11-9-18)33-13-15-34(16-14-33)25(36)20-7-4-12-30-20/h1-3,5-6,8-11,20,30H,4,7,12-16H2,(H,31,35)/t20-/m1/s1. The highest BCUT2D eigenvalue weighted by Crippen LogP contribution is 2.35. The summed E-state index contributed by atoms with van der Waals surface area (Å²) in [5.41, 5.74) is 0.728. The zero-order valence-corrected chi connectivity index (χ0v) is 19.9. The average molecular weight is 514 g/mol. The number of hydrogen-bond donors (Lipinski definition) is 2. The van der Waals surface area contributed by atoms with Gasteiger partial charge in [0.1, 0.15) is 0 Å². The Hall–Kier alpha value is -3.86. The van der Waals surface area contributed by atoms with Crippen LogP contribution in [0, 0.1) is 0 Å². The molecule has 0 saturated carbocycles. The minimum Gasteiger partial charge on any atom is -0.431 e. The highest BCUT2D eigenvalue weighted by Gasteiger charge is 2.42. The van der Waals surface area contributed by atoms with Crippen LogP contribution in [0.3, 0.4) is 0 Å². The number of halogens is 3. The van der Waals surface area contributed by atoms with Gasteiger partial charge >= 0.3 is 6.18 Å². The molecule has 2 aromatic carbocycles. The van der Waals surface area contributed by atoms with Gasteiger partial charge in [0.15, 0.2) is 5.69 Å². The summed E-state index contributed by atoms with van der Waals surface area (Å²) < 4.78 is 45.6. The van der Waals surface area contributed by atoms with Gasteiger partial charge < -0.3 is 24.9 Å². The number of carbonyl (C=O) groups is 2. The van der Waals surface area contributed by atoms with Crippen molar-refractivity contribution in [2.24, 2.45) is 0 Å². The van der Waals surface area contributed by atoms with Crippen LogP contribution in [0.4, 0.5) is 24.5 Å². The topological polar surface area (TPSA) is 90.7 Å². The Morgan fingerprint density at radius 3 is 2.32 bits per heavy atom. The maximum atomic E-state index is 13.6. The predicted molar refractivity (Wildman–Crippen MR) is 131 cm³/mol. The maximum absolute atomic E-state index is 13.6. The second-order valence-corrected chi connectivity index (χ2v) is 9.02. The van der Waals surface area contributed by atoms with Gasteiger partial charge in [-0.25, -0.2) is 4.98 Å². The molecule has 5 rings (SSSR count). The van der Waals surface area contributed by atoms with Gasteiger partial charge in [0.05, 0.1) is 6.04 Å². The number of oxazole rings is 1. The van der Waals surface area contributed by atoms with Crippen molar-refractivity contribution in [2.75, 3.05) is 42.9 Å². The monoisotopic (exact) mass is 513 g/mol. The number of nitrogens with zero attached hydrogens (tertiary/aromatic N) is 3. The van der Waals surface area contributed by atoms with Crippen molar-refractivity contribution in [2.45, 2.75) is 25.1 Å². The maximum Gasteiger partial charge on any atom is 0.452 e. The Morgan fingerprint density at radius 2 is 1.70 bits per heavy atom. The summed E-state index contributed by atoms with van der Waals surface area (Å²) in [4.78, 5) is 33.2. The van der Waals surface area contributed by atoms with E-state index in [4.69, 9.17) is 4.42 Å². The minimum atomic E-state index is -4.88. The van der Waals surface area contributed by atoms with E-state index in [1.807, 2.05) is 4.90 Å². The Morgan fingerprint density at radius 1 is 1.00 bits per heavy atom. The molecule has 2 aliphatic heterocycles. The van der Waals surface area contributed by atoms with Crippen molar-refractivity contribution in [3.8, 4) is 11.5 Å². The van der Waals surface area contributed by atoms with Gasteiger partial charge in [0.25, 0.3) is 5.91 Å². The first-order chi connectivity index (χ1) is 17.8. The molecule has 0 spiro atoms. The molecule has 2 fully saturated rings. The number of nitrogens with one attached hydrogen (secondary N) is 2. The lowest BCUT2D eigenvalue weighted by Gasteiger charge is -2.37. The van der Waals surface area contributed by atoms with Gasteiger partial charge in [0, 0.05) is 43.1 Å². The van der Waals surface area contributed by atoms with Crippen LogP contribution in [0.5, 0.6) is 0 Å². The van der Waals surface area contributed by atoms with E-state index in [1.54, 1.807) is 54.6 Å². The number of amides is 2. The molecule has 0 bridgehead atoms. The van der Waals surface area contributed by atoms with Crippen LogP contribution >= 0.6 is 0 Å². The van der Waals surface area contributed by atoms with Gasteiger partial charge in [-0.1, -0.05) is 18.2 Å². The van der Waals surface area contributed by atoms with Crippen molar-refractivity contribution in [3.05, 3.63) is 66.1 Å². The molecule has 0 aliphatic carbocycles. The Labute approximate surface area is 211 Å². The number of benzene rings is 2. The molecule has 1 atom stereocenters. The Kier molecular flexibility index (Phi) is 6.88. The lowest BCUT2D eigenvalue weighted by Crippen LogP contribution is -2.53. The van der Waals surface area contributed by atoms with Crippen LogP contribution in [-0.2, 0) is 11.0 Å². The third-order valence-corrected chi connectivity index (χ3v) is 6.56. The molecule has 1 aromatic heterocycles. The van der Waals surface area contributed by atoms with Gasteiger partial charge in [-0.3, -0.25) is 9.59 Å². The molecule has 0 radical (unpaired) electrons. The largest absolute Gasteiger partial charge is 0.452 e. The molecule has 2 aliphatic rings. The fourth-order valence-corrected chi connectivity index (χ4v) is 4.62. The fourth-order valence-electron chi connectivity index (χ4n) is 4.62. The molecule has 2 amide bonds. The molecule has 2 saturated heterocycles. The van der Waals surface area contributed by atoms with E-state index in [0.717, 1.165) is 25.1 Å². The first kappa shape index (κ1) is 24.8. The summed E-state index contributed by atoms with van der Waals surface area (Å²) in [6.45, 7) is 3.44. The van der Waals surface area contributed by atoms with Crippen molar-refractivity contribution in [1.82, 2.24) is 15.2 Å². The van der Waals surface area contributed by atoms with E-state index < -0.39 is 23.5 Å². The molecular formula is C26H26F3N5O3. The number of piperazine rings is 1. The molecule has 0 unspecified atom stereocenters. The first-order valence-corrected chi connectivity index (χ1v) is 12.1. The van der Waals surface area contributed by atoms with E-state index in [2.05, 4.69) is 20.5 Å². The van der Waals surface area contributed by atoms with E-state index in [1.165, 1.54) is 0 Å². The zero-order valence-electron chi connectivity index (χ0n) is 19.9. The normalized spacial score (nSPS) is 18.2. The minimum absolute atomic E-state index is 0.0826. The van der Waals surface area contributed by atoms with Crippen LogP contribution in [0.25, 0.3) is 11.5 Å². The number of hydrogen-bond acceptors (Lipinski definition) is 6. The Balaban J connectivity index is 1.24. The summed E-state index contributed by atoms with van der Waals surface area (Å²) >= 11 is 0. The molecule has 3 aromatic rings. The van der Waals surface area contributed by atoms with Gasteiger partial charge in [-0.2, -0.15) is 13.2 Å². The average Bonchev–Trinajstić information content (AvgIpc) is 3.60.